The summed E-state index contributed by atoms with van der Waals surface area (Å²) in [6.07, 6.45) is 0.811. The van der Waals surface area contributed by atoms with Crippen LogP contribution in [0.15, 0.2) is 52.1 Å². The van der Waals surface area contributed by atoms with Gasteiger partial charge in [-0.2, -0.15) is 0 Å². The third kappa shape index (κ3) is 2.70. The Balaban J connectivity index is 1.77. The molecule has 2 aromatic heterocycles. The standard InChI is InChI=1S/C23H22N4O3/c1-12-7-8-13(2)17(11-12)27-22(29)18(21(28)26-23(27)30)20-19-15(9-10-24-20)14-5-3-4-6-16(14)25-19/h3-8,11,20,24-25,29H,9-10H2,1-2H3,(H,26,28,30). The van der Waals surface area contributed by atoms with Crippen LogP contribution in [0, 0.1) is 13.8 Å². The quantitative estimate of drug-likeness (QED) is 0.414. The van der Waals surface area contributed by atoms with E-state index in [1.54, 1.807) is 0 Å². The average Bonchev–Trinajstić information content (AvgIpc) is 3.10. The van der Waals surface area contributed by atoms with Crippen LogP contribution in [0.1, 0.15) is 34.0 Å². The Kier molecular flexibility index (Phi) is 4.15. The van der Waals surface area contributed by atoms with E-state index in [2.05, 4.69) is 15.3 Å². The number of aromatic nitrogens is 3. The first-order chi connectivity index (χ1) is 14.5. The maximum absolute atomic E-state index is 12.8. The Labute approximate surface area is 172 Å². The van der Waals surface area contributed by atoms with Crippen molar-refractivity contribution in [1.29, 1.82) is 0 Å². The summed E-state index contributed by atoms with van der Waals surface area (Å²) < 4.78 is 1.18. The lowest BCUT2D eigenvalue weighted by molar-refractivity contribution is 0.409. The molecular formula is C23H22N4O3. The highest BCUT2D eigenvalue weighted by molar-refractivity contribution is 5.85. The number of para-hydroxylation sites is 1. The molecule has 0 radical (unpaired) electrons. The van der Waals surface area contributed by atoms with Crippen molar-refractivity contribution >= 4 is 10.9 Å². The van der Waals surface area contributed by atoms with E-state index in [0.29, 0.717) is 12.2 Å². The molecular weight excluding hydrogens is 380 g/mol. The smallest absolute Gasteiger partial charge is 0.335 e. The number of aromatic amines is 2. The molecule has 152 valence electrons. The SMILES string of the molecule is Cc1ccc(C)c(-n2c(O)c(C3NCCc4c3[nH]c3ccccc43)c(=O)[nH]c2=O)c1. The highest BCUT2D eigenvalue weighted by Gasteiger charge is 2.31. The molecule has 1 atom stereocenters. The third-order valence-corrected chi connectivity index (χ3v) is 5.87. The number of aryl methyl sites for hydroxylation is 2. The van der Waals surface area contributed by atoms with Crippen LogP contribution in [-0.4, -0.2) is 26.2 Å². The topological polar surface area (TPSA) is 103 Å². The first-order valence-corrected chi connectivity index (χ1v) is 9.94. The molecule has 0 bridgehead atoms. The number of nitrogens with zero attached hydrogens (tertiary/aromatic N) is 1. The molecule has 4 N–H and O–H groups in total. The van der Waals surface area contributed by atoms with Gasteiger partial charge >= 0.3 is 5.69 Å². The zero-order chi connectivity index (χ0) is 21.0. The summed E-state index contributed by atoms with van der Waals surface area (Å²) in [5, 5.41) is 15.6. The Bertz CT molecular complexity index is 1410. The fraction of sp³-hybridized carbons (Fsp3) is 0.217. The van der Waals surface area contributed by atoms with Crippen LogP contribution in [0.2, 0.25) is 0 Å². The van der Waals surface area contributed by atoms with Gasteiger partial charge in [-0.15, -0.1) is 0 Å². The molecule has 0 aliphatic carbocycles. The summed E-state index contributed by atoms with van der Waals surface area (Å²) in [5.74, 6) is -0.346. The molecule has 1 aliphatic rings. The lowest BCUT2D eigenvalue weighted by Gasteiger charge is -2.25. The molecule has 0 spiro atoms. The van der Waals surface area contributed by atoms with Gasteiger partial charge < -0.3 is 15.4 Å². The second kappa shape index (κ2) is 6.74. The van der Waals surface area contributed by atoms with E-state index < -0.39 is 17.3 Å². The fourth-order valence-corrected chi connectivity index (χ4v) is 4.41. The molecule has 5 rings (SSSR count). The van der Waals surface area contributed by atoms with Crippen molar-refractivity contribution in [3.63, 3.8) is 0 Å². The minimum atomic E-state index is -0.664. The largest absolute Gasteiger partial charge is 0.494 e. The maximum Gasteiger partial charge on any atom is 0.335 e. The number of fused-ring (bicyclic) bond motifs is 3. The normalized spacial score (nSPS) is 16.0. The van der Waals surface area contributed by atoms with E-state index in [1.165, 1.54) is 4.57 Å². The molecule has 7 heteroatoms. The zero-order valence-corrected chi connectivity index (χ0v) is 16.7. The first kappa shape index (κ1) is 18.4. The van der Waals surface area contributed by atoms with Crippen molar-refractivity contribution in [2.45, 2.75) is 26.3 Å². The van der Waals surface area contributed by atoms with Gasteiger partial charge in [-0.3, -0.25) is 9.78 Å². The third-order valence-electron chi connectivity index (χ3n) is 5.87. The predicted octanol–water partition coefficient (Wildman–Crippen LogP) is 2.56. The molecule has 4 aromatic rings. The van der Waals surface area contributed by atoms with Gasteiger partial charge in [0.2, 0.25) is 5.88 Å². The van der Waals surface area contributed by atoms with E-state index >= 15 is 0 Å². The molecule has 2 aromatic carbocycles. The lowest BCUT2D eigenvalue weighted by Crippen LogP contribution is -2.38. The van der Waals surface area contributed by atoms with Crippen LogP contribution in [0.25, 0.3) is 16.6 Å². The van der Waals surface area contributed by atoms with E-state index in [4.69, 9.17) is 0 Å². The van der Waals surface area contributed by atoms with Crippen molar-refractivity contribution in [3.8, 4) is 11.6 Å². The Morgan fingerprint density at radius 2 is 1.87 bits per heavy atom. The van der Waals surface area contributed by atoms with Crippen molar-refractivity contribution in [3.05, 3.63) is 91.3 Å². The number of hydrogen-bond acceptors (Lipinski definition) is 4. The molecule has 3 heterocycles. The number of nitrogens with one attached hydrogen (secondary N) is 3. The fourth-order valence-electron chi connectivity index (χ4n) is 4.41. The van der Waals surface area contributed by atoms with E-state index in [0.717, 1.165) is 39.7 Å². The zero-order valence-electron chi connectivity index (χ0n) is 16.7. The molecule has 0 fully saturated rings. The van der Waals surface area contributed by atoms with Gasteiger partial charge in [0, 0.05) is 23.1 Å². The monoisotopic (exact) mass is 402 g/mol. The summed E-state index contributed by atoms with van der Waals surface area (Å²) in [4.78, 5) is 31.3. The van der Waals surface area contributed by atoms with E-state index in [-0.39, 0.29) is 11.4 Å². The summed E-state index contributed by atoms with van der Waals surface area (Å²) in [7, 11) is 0. The van der Waals surface area contributed by atoms with Gasteiger partial charge in [0.1, 0.15) is 5.56 Å². The van der Waals surface area contributed by atoms with Crippen molar-refractivity contribution < 1.29 is 5.11 Å². The molecule has 1 unspecified atom stereocenters. The van der Waals surface area contributed by atoms with Crippen LogP contribution >= 0.6 is 0 Å². The summed E-state index contributed by atoms with van der Waals surface area (Å²) in [6.45, 7) is 4.43. The second-order valence-corrected chi connectivity index (χ2v) is 7.82. The number of H-pyrrole nitrogens is 2. The first-order valence-electron chi connectivity index (χ1n) is 9.94. The Morgan fingerprint density at radius 3 is 2.70 bits per heavy atom. The molecule has 0 saturated carbocycles. The van der Waals surface area contributed by atoms with Crippen LogP contribution in [-0.2, 0) is 6.42 Å². The van der Waals surface area contributed by atoms with Crippen molar-refractivity contribution in [1.82, 2.24) is 19.9 Å². The maximum atomic E-state index is 12.8. The number of benzene rings is 2. The Morgan fingerprint density at radius 1 is 1.07 bits per heavy atom. The van der Waals surface area contributed by atoms with Crippen LogP contribution in [0.3, 0.4) is 0 Å². The van der Waals surface area contributed by atoms with E-state index in [9.17, 15) is 14.7 Å². The van der Waals surface area contributed by atoms with Crippen molar-refractivity contribution in [2.75, 3.05) is 6.54 Å². The van der Waals surface area contributed by atoms with Crippen LogP contribution < -0.4 is 16.6 Å². The second-order valence-electron chi connectivity index (χ2n) is 7.82. The van der Waals surface area contributed by atoms with Gasteiger partial charge in [-0.05, 0) is 49.1 Å². The van der Waals surface area contributed by atoms with Gasteiger partial charge in [0.15, 0.2) is 0 Å². The summed E-state index contributed by atoms with van der Waals surface area (Å²) >= 11 is 0. The molecule has 7 nitrogen and oxygen atoms in total. The highest BCUT2D eigenvalue weighted by Crippen LogP contribution is 2.35. The minimum Gasteiger partial charge on any atom is -0.494 e. The molecule has 0 amide bonds. The van der Waals surface area contributed by atoms with Gasteiger partial charge in [0.05, 0.1) is 11.7 Å². The molecule has 30 heavy (non-hydrogen) atoms. The summed E-state index contributed by atoms with van der Waals surface area (Å²) in [5.41, 5.74) is 4.13. The minimum absolute atomic E-state index is 0.128. The number of aromatic hydroxyl groups is 1. The Hall–Kier alpha value is -3.58. The van der Waals surface area contributed by atoms with Gasteiger partial charge in [-0.25, -0.2) is 9.36 Å². The van der Waals surface area contributed by atoms with Gasteiger partial charge in [-0.1, -0.05) is 30.3 Å². The molecule has 1 aliphatic heterocycles. The number of hydrogen-bond donors (Lipinski definition) is 4. The summed E-state index contributed by atoms with van der Waals surface area (Å²) in [6, 6.07) is 13.1. The average molecular weight is 402 g/mol. The lowest BCUT2D eigenvalue weighted by atomic mass is 9.95. The highest BCUT2D eigenvalue weighted by atomic mass is 16.3. The van der Waals surface area contributed by atoms with E-state index in [1.807, 2.05) is 56.3 Å². The van der Waals surface area contributed by atoms with Crippen LogP contribution in [0.5, 0.6) is 5.88 Å². The van der Waals surface area contributed by atoms with Gasteiger partial charge in [0.25, 0.3) is 5.56 Å². The van der Waals surface area contributed by atoms with Crippen molar-refractivity contribution in [2.24, 2.45) is 0 Å². The predicted molar refractivity (Wildman–Crippen MR) is 116 cm³/mol. The molecule has 0 saturated heterocycles. The van der Waals surface area contributed by atoms with Crippen LogP contribution in [0.4, 0.5) is 0 Å². The number of rotatable bonds is 2.